The van der Waals surface area contributed by atoms with Crippen molar-refractivity contribution in [1.29, 1.82) is 0 Å². The summed E-state index contributed by atoms with van der Waals surface area (Å²) in [5.41, 5.74) is 1.80. The summed E-state index contributed by atoms with van der Waals surface area (Å²) < 4.78 is 15.3. The van der Waals surface area contributed by atoms with E-state index in [-0.39, 0.29) is 5.56 Å². The smallest absolute Gasteiger partial charge is 0.340 e. The van der Waals surface area contributed by atoms with Gasteiger partial charge in [-0.05, 0) is 38.1 Å². The number of carbonyl (C=O) groups is 1. The fourth-order valence-corrected chi connectivity index (χ4v) is 1.96. The molecule has 4 heteroatoms. The van der Waals surface area contributed by atoms with Crippen molar-refractivity contribution >= 4 is 5.97 Å². The van der Waals surface area contributed by atoms with Crippen LogP contribution in [0.2, 0.25) is 0 Å². The van der Waals surface area contributed by atoms with Gasteiger partial charge < -0.3 is 9.67 Å². The molecular formula is C13H12FNO2. The first-order chi connectivity index (χ1) is 8.02. The minimum Gasteiger partial charge on any atom is -0.478 e. The van der Waals surface area contributed by atoms with Gasteiger partial charge in [-0.3, -0.25) is 0 Å². The van der Waals surface area contributed by atoms with Gasteiger partial charge in [0.25, 0.3) is 0 Å². The van der Waals surface area contributed by atoms with Crippen LogP contribution >= 0.6 is 0 Å². The van der Waals surface area contributed by atoms with Gasteiger partial charge in [0.2, 0.25) is 0 Å². The van der Waals surface area contributed by atoms with E-state index in [1.54, 1.807) is 10.6 Å². The lowest BCUT2D eigenvalue weighted by Gasteiger charge is -2.12. The van der Waals surface area contributed by atoms with Gasteiger partial charge >= 0.3 is 5.97 Å². The zero-order valence-electron chi connectivity index (χ0n) is 9.57. The second kappa shape index (κ2) is 4.05. The Bertz CT molecular complexity index is 568. The molecule has 0 saturated heterocycles. The van der Waals surface area contributed by atoms with Crippen molar-refractivity contribution in [3.63, 3.8) is 0 Å². The van der Waals surface area contributed by atoms with Crippen molar-refractivity contribution in [2.45, 2.75) is 13.8 Å². The second-order valence-corrected chi connectivity index (χ2v) is 3.89. The van der Waals surface area contributed by atoms with Crippen LogP contribution in [0.1, 0.15) is 21.7 Å². The fraction of sp³-hybridized carbons (Fsp3) is 0.154. The van der Waals surface area contributed by atoms with Crippen LogP contribution in [-0.4, -0.2) is 15.6 Å². The number of aromatic nitrogens is 1. The van der Waals surface area contributed by atoms with Crippen LogP contribution in [0.3, 0.4) is 0 Å². The Morgan fingerprint density at radius 1 is 1.18 bits per heavy atom. The van der Waals surface area contributed by atoms with Gasteiger partial charge in [0.1, 0.15) is 11.4 Å². The number of hydrogen-bond acceptors (Lipinski definition) is 1. The van der Waals surface area contributed by atoms with Crippen molar-refractivity contribution < 1.29 is 14.3 Å². The number of halogens is 1. The Morgan fingerprint density at radius 2 is 1.76 bits per heavy atom. The predicted octanol–water partition coefficient (Wildman–Crippen LogP) is 2.93. The summed E-state index contributed by atoms with van der Waals surface area (Å²) in [6.07, 6.45) is 0. The topological polar surface area (TPSA) is 42.2 Å². The highest BCUT2D eigenvalue weighted by molar-refractivity contribution is 5.92. The van der Waals surface area contributed by atoms with Gasteiger partial charge in [0.15, 0.2) is 0 Å². The summed E-state index contributed by atoms with van der Waals surface area (Å²) in [4.78, 5) is 11.1. The lowest BCUT2D eigenvalue weighted by Crippen LogP contribution is -2.10. The number of hydrogen-bond donors (Lipinski definition) is 1. The number of benzene rings is 1. The average Bonchev–Trinajstić information content (AvgIpc) is 2.57. The molecule has 1 heterocycles. The Hall–Kier alpha value is -2.10. The third kappa shape index (κ3) is 1.82. The maximum atomic E-state index is 13.6. The van der Waals surface area contributed by atoms with E-state index in [1.807, 2.05) is 26.0 Å². The third-order valence-corrected chi connectivity index (χ3v) is 2.72. The van der Waals surface area contributed by atoms with Crippen LogP contribution in [-0.2, 0) is 0 Å². The highest BCUT2D eigenvalue weighted by Gasteiger charge is 2.18. The van der Waals surface area contributed by atoms with Gasteiger partial charge in [-0.2, -0.15) is 0 Å². The zero-order valence-corrected chi connectivity index (χ0v) is 9.57. The van der Waals surface area contributed by atoms with Gasteiger partial charge in [0, 0.05) is 11.4 Å². The Labute approximate surface area is 98.1 Å². The molecule has 17 heavy (non-hydrogen) atoms. The van der Waals surface area contributed by atoms with Crippen LogP contribution < -0.4 is 0 Å². The molecule has 0 unspecified atom stereocenters. The molecule has 0 aliphatic heterocycles. The minimum atomic E-state index is -1.26. The molecule has 2 rings (SSSR count). The molecule has 3 nitrogen and oxygen atoms in total. The Kier molecular flexibility index (Phi) is 2.71. The van der Waals surface area contributed by atoms with E-state index in [0.29, 0.717) is 5.69 Å². The van der Waals surface area contributed by atoms with E-state index in [2.05, 4.69) is 0 Å². The molecule has 0 bridgehead atoms. The van der Waals surface area contributed by atoms with Crippen LogP contribution in [0.15, 0.2) is 30.3 Å². The number of rotatable bonds is 2. The molecule has 0 fully saturated rings. The monoisotopic (exact) mass is 233 g/mol. The maximum Gasteiger partial charge on any atom is 0.340 e. The number of carboxylic acids is 1. The van der Waals surface area contributed by atoms with Crippen LogP contribution in [0.25, 0.3) is 5.69 Å². The Morgan fingerprint density at radius 3 is 2.29 bits per heavy atom. The number of carboxylic acid groups (broad SMARTS) is 1. The molecule has 0 saturated carbocycles. The highest BCUT2D eigenvalue weighted by atomic mass is 19.1. The summed E-state index contributed by atoms with van der Waals surface area (Å²) in [6, 6.07) is 8.00. The third-order valence-electron chi connectivity index (χ3n) is 2.72. The van der Waals surface area contributed by atoms with E-state index in [1.165, 1.54) is 6.07 Å². The fourth-order valence-electron chi connectivity index (χ4n) is 1.96. The number of nitrogens with zero attached hydrogens (tertiary/aromatic N) is 1. The second-order valence-electron chi connectivity index (χ2n) is 3.89. The standard InChI is InChI=1S/C13H12FNO2/c1-8-6-7-9(2)15(8)11-5-3-4-10(14)12(11)13(16)17/h3-7H,1-2H3,(H,16,17). The average molecular weight is 233 g/mol. The molecule has 0 aliphatic carbocycles. The van der Waals surface area contributed by atoms with Crippen LogP contribution in [0.4, 0.5) is 4.39 Å². The van der Waals surface area contributed by atoms with E-state index >= 15 is 0 Å². The van der Waals surface area contributed by atoms with Crippen molar-refractivity contribution in [3.05, 3.63) is 53.1 Å². The summed E-state index contributed by atoms with van der Waals surface area (Å²) in [5.74, 6) is -1.98. The summed E-state index contributed by atoms with van der Waals surface area (Å²) in [5, 5.41) is 9.07. The SMILES string of the molecule is Cc1ccc(C)n1-c1cccc(F)c1C(=O)O. The number of aryl methyl sites for hydroxylation is 2. The first-order valence-corrected chi connectivity index (χ1v) is 5.19. The summed E-state index contributed by atoms with van der Waals surface area (Å²) >= 11 is 0. The Balaban J connectivity index is 2.76. The molecule has 2 aromatic rings. The quantitative estimate of drug-likeness (QED) is 0.866. The van der Waals surface area contributed by atoms with Crippen LogP contribution in [0, 0.1) is 19.7 Å². The van der Waals surface area contributed by atoms with Gasteiger partial charge in [-0.15, -0.1) is 0 Å². The lowest BCUT2D eigenvalue weighted by molar-refractivity contribution is 0.0692. The van der Waals surface area contributed by atoms with Crippen molar-refractivity contribution in [1.82, 2.24) is 4.57 Å². The minimum absolute atomic E-state index is 0.296. The largest absolute Gasteiger partial charge is 0.478 e. The van der Waals surface area contributed by atoms with E-state index in [4.69, 9.17) is 5.11 Å². The maximum absolute atomic E-state index is 13.6. The molecule has 1 aromatic carbocycles. The molecule has 1 N–H and O–H groups in total. The molecule has 0 spiro atoms. The van der Waals surface area contributed by atoms with Crippen molar-refractivity contribution in [3.8, 4) is 5.69 Å². The molecular weight excluding hydrogens is 221 g/mol. The molecule has 88 valence electrons. The van der Waals surface area contributed by atoms with Gasteiger partial charge in [-0.1, -0.05) is 6.07 Å². The highest BCUT2D eigenvalue weighted by Crippen LogP contribution is 2.22. The van der Waals surface area contributed by atoms with E-state index in [9.17, 15) is 9.18 Å². The first-order valence-electron chi connectivity index (χ1n) is 5.19. The van der Waals surface area contributed by atoms with Gasteiger partial charge in [-0.25, -0.2) is 9.18 Å². The number of aromatic carboxylic acids is 1. The van der Waals surface area contributed by atoms with Crippen molar-refractivity contribution in [2.24, 2.45) is 0 Å². The summed E-state index contributed by atoms with van der Waals surface area (Å²) in [6.45, 7) is 3.70. The van der Waals surface area contributed by atoms with Crippen LogP contribution in [0.5, 0.6) is 0 Å². The van der Waals surface area contributed by atoms with Crippen molar-refractivity contribution in [2.75, 3.05) is 0 Å². The molecule has 1 aromatic heterocycles. The first kappa shape index (κ1) is 11.4. The predicted molar refractivity (Wildman–Crippen MR) is 62.2 cm³/mol. The molecule has 0 atom stereocenters. The molecule has 0 radical (unpaired) electrons. The van der Waals surface area contributed by atoms with E-state index in [0.717, 1.165) is 17.5 Å². The zero-order chi connectivity index (χ0) is 12.6. The molecule has 0 aliphatic rings. The summed E-state index contributed by atoms with van der Waals surface area (Å²) in [7, 11) is 0. The van der Waals surface area contributed by atoms with Gasteiger partial charge in [0.05, 0.1) is 5.69 Å². The normalized spacial score (nSPS) is 10.5. The van der Waals surface area contributed by atoms with E-state index < -0.39 is 11.8 Å². The molecule has 0 amide bonds. The lowest BCUT2D eigenvalue weighted by atomic mass is 10.1.